The summed E-state index contributed by atoms with van der Waals surface area (Å²) in [6.45, 7) is 5.26. The summed E-state index contributed by atoms with van der Waals surface area (Å²) in [6, 6.07) is 0. The Labute approximate surface area is 76.0 Å². The van der Waals surface area contributed by atoms with Crippen LogP contribution in [0.2, 0.25) is 0 Å². The molecule has 3 nitrogen and oxygen atoms in total. The van der Waals surface area contributed by atoms with E-state index >= 15 is 0 Å². The van der Waals surface area contributed by atoms with Crippen LogP contribution < -0.4 is 5.32 Å². The maximum absolute atomic E-state index is 10.8. The smallest absolute Gasteiger partial charge is 0.409 e. The summed E-state index contributed by atoms with van der Waals surface area (Å²) < 4.78 is 4.83. The number of carbonyl (C=O) groups excluding carboxylic acids is 1. The highest BCUT2D eigenvalue weighted by atomic mass is 35.5. The van der Waals surface area contributed by atoms with Crippen molar-refractivity contribution in [1.29, 1.82) is 0 Å². The molecule has 0 heterocycles. The zero-order valence-electron chi connectivity index (χ0n) is 6.65. The number of halogens is 2. The molecule has 0 radical (unpaired) electrons. The molecule has 0 aliphatic rings. The normalized spacial score (nSPS) is 11.5. The highest BCUT2D eigenvalue weighted by molar-refractivity contribution is 6.44. The second kappa shape index (κ2) is 4.02. The first-order valence-corrected chi connectivity index (χ1v) is 3.96. The number of rotatable bonds is 1. The molecule has 0 fully saturated rings. The van der Waals surface area contributed by atoms with Gasteiger partial charge < -0.3 is 4.74 Å². The van der Waals surface area contributed by atoms with Crippen LogP contribution in [0.25, 0.3) is 0 Å². The first kappa shape index (κ1) is 10.8. The monoisotopic (exact) mass is 199 g/mol. The number of ether oxygens (including phenoxy) is 1. The van der Waals surface area contributed by atoms with Crippen LogP contribution in [0, 0.1) is 0 Å². The lowest BCUT2D eigenvalue weighted by Gasteiger charge is -2.19. The Morgan fingerprint density at radius 3 is 2.18 bits per heavy atom. The SMILES string of the molecule is CC(C)(C)OC(=O)NC(Cl)Cl. The molecule has 5 heteroatoms. The van der Waals surface area contributed by atoms with Crippen LogP contribution in [-0.4, -0.2) is 16.7 Å². The van der Waals surface area contributed by atoms with Gasteiger partial charge in [0.1, 0.15) is 5.60 Å². The number of amides is 1. The molecular weight excluding hydrogens is 189 g/mol. The Morgan fingerprint density at radius 2 is 1.91 bits per heavy atom. The van der Waals surface area contributed by atoms with Gasteiger partial charge >= 0.3 is 6.09 Å². The van der Waals surface area contributed by atoms with Gasteiger partial charge in [0.2, 0.25) is 0 Å². The first-order valence-electron chi connectivity index (χ1n) is 3.09. The summed E-state index contributed by atoms with van der Waals surface area (Å²) in [7, 11) is 0. The van der Waals surface area contributed by atoms with Gasteiger partial charge in [-0.1, -0.05) is 23.2 Å². The van der Waals surface area contributed by atoms with Gasteiger partial charge in [0.15, 0.2) is 4.96 Å². The van der Waals surface area contributed by atoms with E-state index in [9.17, 15) is 4.79 Å². The minimum absolute atomic E-state index is 0.521. The van der Waals surface area contributed by atoms with E-state index in [4.69, 9.17) is 27.9 Å². The summed E-state index contributed by atoms with van der Waals surface area (Å²) in [5.74, 6) is 0. The summed E-state index contributed by atoms with van der Waals surface area (Å²) >= 11 is 10.5. The Kier molecular flexibility index (Phi) is 3.97. The van der Waals surface area contributed by atoms with Crippen LogP contribution >= 0.6 is 23.2 Å². The van der Waals surface area contributed by atoms with Gasteiger partial charge in [0.05, 0.1) is 0 Å². The molecule has 11 heavy (non-hydrogen) atoms. The van der Waals surface area contributed by atoms with E-state index in [0.29, 0.717) is 0 Å². The molecule has 0 rings (SSSR count). The molecule has 0 aromatic heterocycles. The number of alkyl halides is 2. The zero-order chi connectivity index (χ0) is 9.07. The Bertz CT molecular complexity index is 142. The maximum atomic E-state index is 10.8. The standard InChI is InChI=1S/C6H11Cl2NO2/c1-6(2,3)11-5(10)9-4(7)8/h4H,1-3H3,(H,9,10). The predicted molar refractivity (Wildman–Crippen MR) is 44.9 cm³/mol. The highest BCUT2D eigenvalue weighted by Crippen LogP contribution is 2.07. The van der Waals surface area contributed by atoms with Crippen molar-refractivity contribution >= 4 is 29.3 Å². The van der Waals surface area contributed by atoms with Crippen LogP contribution in [0.3, 0.4) is 0 Å². The number of hydrogen-bond donors (Lipinski definition) is 1. The van der Waals surface area contributed by atoms with Crippen molar-refractivity contribution in [2.75, 3.05) is 0 Å². The number of nitrogens with one attached hydrogen (secondary N) is 1. The quantitative estimate of drug-likeness (QED) is 0.520. The van der Waals surface area contributed by atoms with Gasteiger partial charge in [-0.2, -0.15) is 0 Å². The molecule has 0 spiro atoms. The van der Waals surface area contributed by atoms with E-state index in [2.05, 4.69) is 5.32 Å². The molecule has 1 N–H and O–H groups in total. The van der Waals surface area contributed by atoms with E-state index in [1.807, 2.05) is 0 Å². The lowest BCUT2D eigenvalue weighted by molar-refractivity contribution is 0.0532. The van der Waals surface area contributed by atoms with Crippen LogP contribution in [0.4, 0.5) is 4.79 Å². The zero-order valence-corrected chi connectivity index (χ0v) is 8.16. The van der Waals surface area contributed by atoms with Crippen molar-refractivity contribution in [3.8, 4) is 0 Å². The van der Waals surface area contributed by atoms with Crippen molar-refractivity contribution in [3.63, 3.8) is 0 Å². The third kappa shape index (κ3) is 7.75. The van der Waals surface area contributed by atoms with Crippen molar-refractivity contribution in [1.82, 2.24) is 5.32 Å². The third-order valence-corrected chi connectivity index (χ3v) is 0.844. The second-order valence-corrected chi connectivity index (χ2v) is 4.04. The van der Waals surface area contributed by atoms with E-state index < -0.39 is 16.7 Å². The molecule has 0 aliphatic heterocycles. The molecule has 0 saturated heterocycles. The van der Waals surface area contributed by atoms with Crippen molar-refractivity contribution in [3.05, 3.63) is 0 Å². The van der Waals surface area contributed by atoms with Gasteiger partial charge in [-0.3, -0.25) is 5.32 Å². The molecule has 0 atom stereocenters. The van der Waals surface area contributed by atoms with Gasteiger partial charge in [0, 0.05) is 0 Å². The average Bonchev–Trinajstić information content (AvgIpc) is 1.53. The summed E-state index contributed by atoms with van der Waals surface area (Å²) in [4.78, 5) is 9.84. The minimum atomic E-state index is -0.926. The molecule has 0 bridgehead atoms. The van der Waals surface area contributed by atoms with E-state index in [0.717, 1.165) is 0 Å². The van der Waals surface area contributed by atoms with E-state index in [-0.39, 0.29) is 0 Å². The van der Waals surface area contributed by atoms with Gasteiger partial charge in [-0.25, -0.2) is 4.79 Å². The fraction of sp³-hybridized carbons (Fsp3) is 0.833. The molecule has 0 aliphatic carbocycles. The van der Waals surface area contributed by atoms with Crippen molar-refractivity contribution < 1.29 is 9.53 Å². The third-order valence-electron chi connectivity index (χ3n) is 0.626. The predicted octanol–water partition coefficient (Wildman–Crippen LogP) is 2.27. The largest absolute Gasteiger partial charge is 0.444 e. The van der Waals surface area contributed by atoms with Gasteiger partial charge in [-0.05, 0) is 20.8 Å². The lowest BCUT2D eigenvalue weighted by atomic mass is 10.2. The molecule has 66 valence electrons. The fourth-order valence-electron chi connectivity index (χ4n) is 0.397. The molecule has 0 unspecified atom stereocenters. The number of carbonyl (C=O) groups is 1. The van der Waals surface area contributed by atoms with Crippen LogP contribution in [0.5, 0.6) is 0 Å². The summed E-state index contributed by atoms with van der Waals surface area (Å²) in [5, 5.41) is 2.17. The fourth-order valence-corrected chi connectivity index (χ4v) is 0.575. The molecular formula is C6H11Cl2NO2. The van der Waals surface area contributed by atoms with E-state index in [1.54, 1.807) is 20.8 Å². The first-order chi connectivity index (χ1) is 4.81. The van der Waals surface area contributed by atoms with Crippen LogP contribution in [0.1, 0.15) is 20.8 Å². The Balaban J connectivity index is 3.71. The number of hydrogen-bond acceptors (Lipinski definition) is 2. The van der Waals surface area contributed by atoms with Crippen molar-refractivity contribution in [2.24, 2.45) is 0 Å². The minimum Gasteiger partial charge on any atom is -0.444 e. The molecule has 0 aromatic rings. The van der Waals surface area contributed by atoms with Crippen molar-refractivity contribution in [2.45, 2.75) is 31.3 Å². The second-order valence-electron chi connectivity index (χ2n) is 2.95. The summed E-state index contributed by atoms with van der Waals surface area (Å²) in [5.41, 5.74) is -0.521. The highest BCUT2D eigenvalue weighted by Gasteiger charge is 2.16. The lowest BCUT2D eigenvalue weighted by Crippen LogP contribution is -2.34. The number of alkyl carbamates (subject to hydrolysis) is 1. The van der Waals surface area contributed by atoms with Gasteiger partial charge in [-0.15, -0.1) is 0 Å². The topological polar surface area (TPSA) is 38.3 Å². The molecule has 0 saturated carbocycles. The maximum Gasteiger partial charge on any atom is 0.409 e. The Morgan fingerprint density at radius 1 is 1.45 bits per heavy atom. The molecule has 0 aromatic carbocycles. The van der Waals surface area contributed by atoms with Crippen LogP contribution in [0.15, 0.2) is 0 Å². The van der Waals surface area contributed by atoms with Crippen LogP contribution in [-0.2, 0) is 4.74 Å². The average molecular weight is 200 g/mol. The Hall–Kier alpha value is -0.150. The summed E-state index contributed by atoms with van der Waals surface area (Å²) in [6.07, 6.45) is -0.618. The molecule has 1 amide bonds. The van der Waals surface area contributed by atoms with E-state index in [1.165, 1.54) is 0 Å². The van der Waals surface area contributed by atoms with Gasteiger partial charge in [0.25, 0.3) is 0 Å².